The largest absolute Gasteiger partial charge is 0.364 e. The topological polar surface area (TPSA) is 35.9 Å². The Morgan fingerprint density at radius 3 is 2.50 bits per heavy atom. The molecule has 0 aliphatic carbocycles. The molecule has 22 heavy (non-hydrogen) atoms. The molecule has 1 aromatic carbocycles. The fourth-order valence-electron chi connectivity index (χ4n) is 3.86. The predicted molar refractivity (Wildman–Crippen MR) is 86.9 cm³/mol. The second kappa shape index (κ2) is 5.31. The Morgan fingerprint density at radius 2 is 1.91 bits per heavy atom. The lowest BCUT2D eigenvalue weighted by atomic mass is 9.91. The van der Waals surface area contributed by atoms with Crippen LogP contribution in [0.1, 0.15) is 40.2 Å². The molecule has 122 valence electrons. The van der Waals surface area contributed by atoms with Crippen LogP contribution in [-0.2, 0) is 11.4 Å². The van der Waals surface area contributed by atoms with Crippen LogP contribution in [0.15, 0.2) is 30.3 Å². The molecule has 0 aromatic heterocycles. The van der Waals surface area contributed by atoms with Crippen LogP contribution in [0, 0.1) is 5.92 Å². The minimum Gasteiger partial charge on any atom is -0.364 e. The van der Waals surface area contributed by atoms with Gasteiger partial charge in [0.15, 0.2) is 5.79 Å². The summed E-state index contributed by atoms with van der Waals surface area (Å²) in [7, 11) is 0. The van der Waals surface area contributed by atoms with Gasteiger partial charge in [-0.05, 0) is 40.2 Å². The first-order valence-corrected chi connectivity index (χ1v) is 8.19. The molecule has 0 unspecified atom stereocenters. The molecule has 0 saturated carbocycles. The number of fused-ring (bicyclic) bond motifs is 1. The molecule has 2 heterocycles. The molecular weight excluding hydrogens is 276 g/mol. The Balaban J connectivity index is 1.83. The van der Waals surface area contributed by atoms with Gasteiger partial charge in [-0.25, -0.2) is 0 Å². The average molecular weight is 304 g/mol. The third kappa shape index (κ3) is 2.69. The van der Waals surface area contributed by atoms with Crippen molar-refractivity contribution in [2.45, 2.75) is 64.6 Å². The third-order valence-corrected chi connectivity index (χ3v) is 5.05. The monoisotopic (exact) mass is 304 g/mol. The Morgan fingerprint density at radius 1 is 1.27 bits per heavy atom. The van der Waals surface area contributed by atoms with E-state index in [9.17, 15) is 5.11 Å². The van der Waals surface area contributed by atoms with Gasteiger partial charge in [0.1, 0.15) is 0 Å². The van der Waals surface area contributed by atoms with Crippen molar-refractivity contribution in [1.29, 1.82) is 0 Å². The van der Waals surface area contributed by atoms with Crippen molar-refractivity contribution in [2.24, 2.45) is 5.92 Å². The van der Waals surface area contributed by atoms with Crippen LogP contribution in [0.2, 0.25) is 0 Å². The molecular formula is C18H28N2O2. The number of hydrogen-bond donors (Lipinski definition) is 1. The summed E-state index contributed by atoms with van der Waals surface area (Å²) in [5, 5.41) is 12.7. The van der Waals surface area contributed by atoms with Gasteiger partial charge in [-0.1, -0.05) is 30.3 Å². The van der Waals surface area contributed by atoms with Gasteiger partial charge in [0.25, 0.3) is 0 Å². The number of hydrogen-bond acceptors (Lipinski definition) is 4. The van der Waals surface area contributed by atoms with E-state index >= 15 is 0 Å². The zero-order chi connectivity index (χ0) is 16.1. The van der Waals surface area contributed by atoms with Crippen LogP contribution in [0.5, 0.6) is 0 Å². The first kappa shape index (κ1) is 15.9. The predicted octanol–water partition coefficient (Wildman–Crippen LogP) is 2.63. The Bertz CT molecular complexity index is 524. The maximum Gasteiger partial charge on any atom is 0.188 e. The highest BCUT2D eigenvalue weighted by Crippen LogP contribution is 2.45. The molecule has 4 atom stereocenters. The first-order valence-electron chi connectivity index (χ1n) is 8.19. The number of aliphatic hydroxyl groups is 1. The Hall–Kier alpha value is -0.940. The molecule has 0 radical (unpaired) electrons. The number of benzene rings is 1. The van der Waals surface area contributed by atoms with Gasteiger partial charge in [-0.15, -0.1) is 0 Å². The van der Waals surface area contributed by atoms with Gasteiger partial charge in [0.05, 0.1) is 6.04 Å². The third-order valence-electron chi connectivity index (χ3n) is 5.05. The fraction of sp³-hybridized carbons (Fsp3) is 0.667. The average Bonchev–Trinajstić information content (AvgIpc) is 2.88. The highest BCUT2D eigenvalue weighted by Gasteiger charge is 2.60. The highest BCUT2D eigenvalue weighted by atomic mass is 16.8. The summed E-state index contributed by atoms with van der Waals surface area (Å²) in [6, 6.07) is 11.1. The summed E-state index contributed by atoms with van der Waals surface area (Å²) in [5.74, 6) is -0.970. The zero-order valence-electron chi connectivity index (χ0n) is 14.3. The van der Waals surface area contributed by atoms with E-state index in [1.165, 1.54) is 5.56 Å². The van der Waals surface area contributed by atoms with Crippen LogP contribution in [0.3, 0.4) is 0 Å². The van der Waals surface area contributed by atoms with E-state index in [2.05, 4.69) is 56.9 Å². The van der Waals surface area contributed by atoms with E-state index in [4.69, 9.17) is 4.84 Å². The van der Waals surface area contributed by atoms with Crippen molar-refractivity contribution >= 4 is 0 Å². The van der Waals surface area contributed by atoms with Gasteiger partial charge < -0.3 is 5.11 Å². The smallest absolute Gasteiger partial charge is 0.188 e. The molecule has 1 N–H and O–H groups in total. The molecule has 2 fully saturated rings. The van der Waals surface area contributed by atoms with E-state index in [1.807, 2.05) is 11.1 Å². The lowest BCUT2D eigenvalue weighted by molar-refractivity contribution is -0.315. The first-order chi connectivity index (χ1) is 10.2. The number of hydroxylamine groups is 2. The normalized spacial score (nSPS) is 36.7. The number of rotatable bonds is 2. The summed E-state index contributed by atoms with van der Waals surface area (Å²) >= 11 is 0. The summed E-state index contributed by atoms with van der Waals surface area (Å²) < 4.78 is 0. The van der Waals surface area contributed by atoms with Crippen molar-refractivity contribution in [1.82, 2.24) is 9.96 Å². The van der Waals surface area contributed by atoms with Crippen molar-refractivity contribution in [3.05, 3.63) is 35.9 Å². The van der Waals surface area contributed by atoms with E-state index in [-0.39, 0.29) is 17.5 Å². The van der Waals surface area contributed by atoms with E-state index in [1.54, 1.807) is 6.92 Å². The molecule has 0 amide bonds. The highest BCUT2D eigenvalue weighted by molar-refractivity contribution is 5.16. The molecule has 2 saturated heterocycles. The molecule has 3 rings (SSSR count). The quantitative estimate of drug-likeness (QED) is 0.911. The molecule has 2 aliphatic heterocycles. The number of nitrogens with zero attached hydrogens (tertiary/aromatic N) is 2. The molecule has 0 spiro atoms. The molecule has 2 aliphatic rings. The summed E-state index contributed by atoms with van der Waals surface area (Å²) in [6.45, 7) is 12.2. The second-order valence-electron chi connectivity index (χ2n) is 7.90. The van der Waals surface area contributed by atoms with Crippen LogP contribution < -0.4 is 0 Å². The van der Waals surface area contributed by atoms with E-state index in [0.717, 1.165) is 13.1 Å². The minimum absolute atomic E-state index is 0.116. The van der Waals surface area contributed by atoms with Crippen LogP contribution in [0.25, 0.3) is 0 Å². The second-order valence-corrected chi connectivity index (χ2v) is 7.90. The van der Waals surface area contributed by atoms with Crippen LogP contribution in [0.4, 0.5) is 0 Å². The fourth-order valence-corrected chi connectivity index (χ4v) is 3.86. The van der Waals surface area contributed by atoms with Crippen molar-refractivity contribution in [3.8, 4) is 0 Å². The van der Waals surface area contributed by atoms with Gasteiger partial charge >= 0.3 is 0 Å². The summed E-state index contributed by atoms with van der Waals surface area (Å²) in [6.07, 6.45) is 0. The van der Waals surface area contributed by atoms with Gasteiger partial charge in [0, 0.05) is 30.6 Å². The lowest BCUT2D eigenvalue weighted by Crippen LogP contribution is -2.50. The standard InChI is InChI=1S/C18H28N2O2/c1-13-16-15(18(5,21)22-20(16)17(2,3)4)12-19(13)11-14-9-7-6-8-10-14/h6-10,13,15-16,21H,11-12H2,1-5H3/t13-,15+,16-,18-/m0/s1. The van der Waals surface area contributed by atoms with Gasteiger partial charge in [-0.2, -0.15) is 5.06 Å². The SMILES string of the molecule is C[C@H]1[C@H]2[C@@H](CN1Cc1ccccc1)[C@@](C)(O)ON2C(C)(C)C. The maximum absolute atomic E-state index is 10.7. The van der Waals surface area contributed by atoms with Crippen molar-refractivity contribution < 1.29 is 9.94 Å². The van der Waals surface area contributed by atoms with Crippen LogP contribution >= 0.6 is 0 Å². The van der Waals surface area contributed by atoms with Gasteiger partial charge in [-0.3, -0.25) is 9.74 Å². The van der Waals surface area contributed by atoms with E-state index < -0.39 is 5.79 Å². The van der Waals surface area contributed by atoms with Crippen LogP contribution in [-0.4, -0.2) is 45.0 Å². The molecule has 0 bridgehead atoms. The minimum atomic E-state index is -1.09. The lowest BCUT2D eigenvalue weighted by Gasteiger charge is -2.38. The molecule has 4 nitrogen and oxygen atoms in total. The Kier molecular flexibility index (Phi) is 3.84. The summed E-state index contributed by atoms with van der Waals surface area (Å²) in [5.41, 5.74) is 1.19. The van der Waals surface area contributed by atoms with Crippen molar-refractivity contribution in [3.63, 3.8) is 0 Å². The summed E-state index contributed by atoms with van der Waals surface area (Å²) in [4.78, 5) is 8.37. The number of likely N-dealkylation sites (tertiary alicyclic amines) is 1. The van der Waals surface area contributed by atoms with Gasteiger partial charge in [0.2, 0.25) is 0 Å². The molecule has 4 heteroatoms. The maximum atomic E-state index is 10.7. The molecule has 1 aromatic rings. The Labute approximate surface area is 133 Å². The van der Waals surface area contributed by atoms with Crippen molar-refractivity contribution in [2.75, 3.05) is 6.54 Å². The van der Waals surface area contributed by atoms with E-state index in [0.29, 0.717) is 6.04 Å². The zero-order valence-corrected chi connectivity index (χ0v) is 14.3.